The topological polar surface area (TPSA) is 96.1 Å². The quantitative estimate of drug-likeness (QED) is 0.222. The van der Waals surface area contributed by atoms with Crippen molar-refractivity contribution in [3.63, 3.8) is 0 Å². The molecule has 6 aromatic rings. The first kappa shape index (κ1) is 17.4. The molecule has 7 rings (SSSR count). The summed E-state index contributed by atoms with van der Waals surface area (Å²) in [5, 5.41) is 9.13. The van der Waals surface area contributed by atoms with Gasteiger partial charge in [-0.05, 0) is 51.9 Å². The van der Waals surface area contributed by atoms with Gasteiger partial charge < -0.3 is 0 Å². The summed E-state index contributed by atoms with van der Waals surface area (Å²) in [5.41, 5.74) is 1.03. The molecule has 0 saturated heterocycles. The molecule has 152 valence electrons. The molecule has 0 bridgehead atoms. The largest absolute Gasteiger partial charge is 0.288 e. The second-order valence-corrected chi connectivity index (χ2v) is 8.53. The number of H-pyrrole nitrogens is 1. The molecule has 6 nitrogen and oxygen atoms in total. The number of aromatic amines is 1. The Labute approximate surface area is 179 Å². The number of hydrogen-bond acceptors (Lipinski definition) is 4. The molecule has 0 unspecified atom stereocenters. The fraction of sp³-hybridized carbons (Fsp3) is 0.0769. The Bertz CT molecular complexity index is 1990. The fourth-order valence-corrected chi connectivity index (χ4v) is 5.78. The lowest BCUT2D eigenvalue weighted by Gasteiger charge is -2.25. The van der Waals surface area contributed by atoms with Crippen molar-refractivity contribution in [2.45, 2.75) is 13.8 Å². The molecular formula is C26H14N2O4. The first-order valence-corrected chi connectivity index (χ1v) is 10.3. The zero-order valence-electron chi connectivity index (χ0n) is 17.1. The van der Waals surface area contributed by atoms with E-state index in [9.17, 15) is 19.2 Å². The van der Waals surface area contributed by atoms with Gasteiger partial charge in [0.25, 0.3) is 22.9 Å². The summed E-state index contributed by atoms with van der Waals surface area (Å²) in [4.78, 5) is 54.3. The maximum atomic E-state index is 13.0. The molecule has 1 aliphatic heterocycles. The minimum atomic E-state index is -0.651. The van der Waals surface area contributed by atoms with E-state index in [4.69, 9.17) is 0 Å². The molecule has 32 heavy (non-hydrogen) atoms. The molecule has 2 N–H and O–H groups in total. The second kappa shape index (κ2) is 5.29. The molecule has 0 aliphatic carbocycles. The maximum absolute atomic E-state index is 13.0. The maximum Gasteiger partial charge on any atom is 0.259 e. The van der Waals surface area contributed by atoms with Crippen molar-refractivity contribution in [3.05, 3.63) is 79.4 Å². The Morgan fingerprint density at radius 2 is 1.19 bits per heavy atom. The van der Waals surface area contributed by atoms with Gasteiger partial charge in [0.05, 0.1) is 21.9 Å². The van der Waals surface area contributed by atoms with E-state index in [-0.39, 0.29) is 16.3 Å². The van der Waals surface area contributed by atoms with Crippen molar-refractivity contribution in [2.75, 3.05) is 0 Å². The summed E-state index contributed by atoms with van der Waals surface area (Å²) in [6.07, 6.45) is 0. The Morgan fingerprint density at radius 3 is 1.91 bits per heavy atom. The number of carbonyl (C=O) groups excluding carboxylic acids is 2. The first-order valence-electron chi connectivity index (χ1n) is 10.3. The first-order chi connectivity index (χ1) is 15.4. The summed E-state index contributed by atoms with van der Waals surface area (Å²) in [5.74, 6) is -1.14. The molecular weight excluding hydrogens is 404 g/mol. The summed E-state index contributed by atoms with van der Waals surface area (Å²) in [7, 11) is 0. The number of fused-ring (bicyclic) bond motifs is 5. The van der Waals surface area contributed by atoms with Crippen LogP contribution in [-0.4, -0.2) is 16.8 Å². The van der Waals surface area contributed by atoms with Crippen LogP contribution in [0.5, 0.6) is 0 Å². The van der Waals surface area contributed by atoms with Gasteiger partial charge in [-0.3, -0.25) is 29.5 Å². The molecule has 1 aliphatic rings. The minimum Gasteiger partial charge on any atom is -0.288 e. The molecule has 0 radical (unpaired) electrons. The van der Waals surface area contributed by atoms with Gasteiger partial charge in [0, 0.05) is 16.2 Å². The third kappa shape index (κ3) is 1.71. The van der Waals surface area contributed by atoms with E-state index in [0.717, 1.165) is 38.1 Å². The van der Waals surface area contributed by atoms with Gasteiger partial charge in [-0.25, -0.2) is 0 Å². The summed E-state index contributed by atoms with van der Waals surface area (Å²) < 4.78 is 0. The summed E-state index contributed by atoms with van der Waals surface area (Å²) >= 11 is 0. The molecule has 5 aromatic carbocycles. The standard InChI is InChI=1S/C26H14N2O4/c1-9-10(2)15-19-18-14(9)12-7-3-5-11-6-4-8-13(16(11)12)17(18)20-22(26(32)28-24(20)30)21(19)25(31)27-23(15)29/h3-8H,1-2H3,(H,27,29,31)(H,28,30,32). The van der Waals surface area contributed by atoms with Gasteiger partial charge in [-0.15, -0.1) is 0 Å². The normalized spacial score (nSPS) is 13.9. The monoisotopic (exact) mass is 418 g/mol. The van der Waals surface area contributed by atoms with Crippen molar-refractivity contribution < 1.29 is 9.59 Å². The molecule has 0 fully saturated rings. The van der Waals surface area contributed by atoms with Crippen LogP contribution in [-0.2, 0) is 0 Å². The van der Waals surface area contributed by atoms with Gasteiger partial charge in [-0.2, -0.15) is 0 Å². The molecule has 6 heteroatoms. The number of rotatable bonds is 0. The van der Waals surface area contributed by atoms with E-state index >= 15 is 0 Å². The van der Waals surface area contributed by atoms with Gasteiger partial charge in [-0.1, -0.05) is 36.4 Å². The van der Waals surface area contributed by atoms with Crippen LogP contribution in [0.4, 0.5) is 0 Å². The highest BCUT2D eigenvalue weighted by Gasteiger charge is 2.34. The van der Waals surface area contributed by atoms with E-state index in [2.05, 4.69) is 10.3 Å². The van der Waals surface area contributed by atoms with Crippen molar-refractivity contribution in [1.29, 1.82) is 0 Å². The van der Waals surface area contributed by atoms with Crippen molar-refractivity contribution in [1.82, 2.24) is 10.3 Å². The number of aromatic nitrogens is 1. The van der Waals surface area contributed by atoms with E-state index in [1.54, 1.807) is 0 Å². The van der Waals surface area contributed by atoms with Crippen molar-refractivity contribution in [3.8, 4) is 0 Å². The van der Waals surface area contributed by atoms with Crippen LogP contribution in [0.1, 0.15) is 31.8 Å². The van der Waals surface area contributed by atoms with Crippen LogP contribution in [0.3, 0.4) is 0 Å². The van der Waals surface area contributed by atoms with Gasteiger partial charge >= 0.3 is 0 Å². The zero-order chi connectivity index (χ0) is 22.0. The number of carbonyl (C=O) groups is 2. The van der Waals surface area contributed by atoms with Crippen LogP contribution >= 0.6 is 0 Å². The lowest BCUT2D eigenvalue weighted by molar-refractivity contribution is 0.0845. The Balaban J connectivity index is 2.07. The van der Waals surface area contributed by atoms with Crippen molar-refractivity contribution >= 4 is 65.7 Å². The smallest absolute Gasteiger partial charge is 0.259 e. The van der Waals surface area contributed by atoms with Crippen LogP contribution in [0.15, 0.2) is 46.0 Å². The average Bonchev–Trinajstić information content (AvgIpc) is 3.06. The highest BCUT2D eigenvalue weighted by Crippen LogP contribution is 2.47. The van der Waals surface area contributed by atoms with Crippen LogP contribution in [0, 0.1) is 13.8 Å². The SMILES string of the molecule is Cc1c2c3c(c4c(=O)[nH]c(=O)c4c4c5cccc6cccc(c(c1C)c34)c65)C(=O)NC2=O. The fourth-order valence-electron chi connectivity index (χ4n) is 5.78. The summed E-state index contributed by atoms with van der Waals surface area (Å²) in [6.45, 7) is 3.82. The van der Waals surface area contributed by atoms with E-state index in [1.165, 1.54) is 0 Å². The average molecular weight is 418 g/mol. The Kier molecular flexibility index (Phi) is 2.87. The highest BCUT2D eigenvalue weighted by atomic mass is 16.2. The molecule has 1 aromatic heterocycles. The molecule has 0 atom stereocenters. The predicted molar refractivity (Wildman–Crippen MR) is 125 cm³/mol. The number of amides is 2. The lowest BCUT2D eigenvalue weighted by atomic mass is 9.79. The number of benzene rings is 5. The van der Waals surface area contributed by atoms with Crippen molar-refractivity contribution in [2.24, 2.45) is 0 Å². The number of aryl methyl sites for hydroxylation is 1. The minimum absolute atomic E-state index is 0.0503. The number of hydrogen-bond donors (Lipinski definition) is 2. The van der Waals surface area contributed by atoms with Gasteiger partial charge in [0.2, 0.25) is 0 Å². The number of nitrogens with one attached hydrogen (secondary N) is 2. The van der Waals surface area contributed by atoms with Gasteiger partial charge in [0.1, 0.15) is 0 Å². The third-order valence-corrected chi connectivity index (χ3v) is 7.12. The van der Waals surface area contributed by atoms with Crippen LogP contribution in [0.25, 0.3) is 53.9 Å². The van der Waals surface area contributed by atoms with Gasteiger partial charge in [0.15, 0.2) is 0 Å². The van der Waals surface area contributed by atoms with E-state index in [0.29, 0.717) is 21.7 Å². The van der Waals surface area contributed by atoms with E-state index in [1.807, 2.05) is 50.2 Å². The number of imide groups is 1. The molecule has 2 heterocycles. The Hall–Kier alpha value is -4.32. The van der Waals surface area contributed by atoms with E-state index < -0.39 is 22.9 Å². The molecule has 0 spiro atoms. The highest BCUT2D eigenvalue weighted by molar-refractivity contribution is 6.44. The predicted octanol–water partition coefficient (Wildman–Crippen LogP) is 3.88. The Morgan fingerprint density at radius 1 is 0.562 bits per heavy atom. The summed E-state index contributed by atoms with van der Waals surface area (Å²) in [6, 6.07) is 11.9. The zero-order valence-corrected chi connectivity index (χ0v) is 17.1. The molecule has 2 amide bonds. The second-order valence-electron chi connectivity index (χ2n) is 8.53. The third-order valence-electron chi connectivity index (χ3n) is 7.12. The van der Waals surface area contributed by atoms with Crippen LogP contribution in [0.2, 0.25) is 0 Å². The van der Waals surface area contributed by atoms with Crippen LogP contribution < -0.4 is 16.4 Å². The lowest BCUT2D eigenvalue weighted by Crippen LogP contribution is -2.36. The molecule has 0 saturated carbocycles.